The smallest absolute Gasteiger partial charge is 0.221 e. The quantitative estimate of drug-likeness (QED) is 0.318. The maximum Gasteiger partial charge on any atom is 0.221 e. The molecule has 8 nitrogen and oxygen atoms in total. The third-order valence-electron chi connectivity index (χ3n) is 4.53. The largest absolute Gasteiger partial charge is 0.392 e. The second-order valence-electron chi connectivity index (χ2n) is 6.05. The summed E-state index contributed by atoms with van der Waals surface area (Å²) in [6.07, 6.45) is -2.27. The minimum Gasteiger partial charge on any atom is -0.392 e. The van der Waals surface area contributed by atoms with Crippen LogP contribution in [0.4, 0.5) is 0 Å². The van der Waals surface area contributed by atoms with Crippen molar-refractivity contribution in [2.45, 2.75) is 27.1 Å². The number of hydrogen-bond donors (Lipinski definition) is 7. The molecule has 1 aromatic carbocycles. The number of aromatic amines is 1. The average Bonchev–Trinajstić information content (AvgIpc) is 3.03. The molecule has 2 aromatic rings. The van der Waals surface area contributed by atoms with Gasteiger partial charge in [0, 0.05) is 5.52 Å². The first-order valence-corrected chi connectivity index (χ1v) is 8.46. The zero-order valence-corrected chi connectivity index (χ0v) is 15.1. The summed E-state index contributed by atoms with van der Waals surface area (Å²) in [6.45, 7) is -2.14. The van der Waals surface area contributed by atoms with Crippen molar-refractivity contribution in [3.05, 3.63) is 36.0 Å². The van der Waals surface area contributed by atoms with E-state index in [2.05, 4.69) is 20.9 Å². The fourth-order valence-electron chi connectivity index (χ4n) is 3.06. The van der Waals surface area contributed by atoms with Crippen LogP contribution in [-0.4, -0.2) is 70.3 Å². The molecule has 25 heavy (non-hydrogen) atoms. The van der Waals surface area contributed by atoms with E-state index in [-0.39, 0.29) is 5.69 Å². The number of ether oxygens (including phenoxy) is 1. The Morgan fingerprint density at radius 1 is 1.16 bits per heavy atom. The number of hydrogen-bond acceptors (Lipinski definition) is 7. The normalized spacial score (nSPS) is 42.0. The van der Waals surface area contributed by atoms with E-state index in [0.717, 1.165) is 0 Å². The van der Waals surface area contributed by atoms with Crippen LogP contribution in [0.5, 0.6) is 0 Å². The molecule has 2 heterocycles. The van der Waals surface area contributed by atoms with E-state index < -0.39 is 40.3 Å². The highest BCUT2D eigenvalue weighted by Gasteiger charge is 2.75. The van der Waals surface area contributed by atoms with Gasteiger partial charge in [-0.25, -0.2) is 0 Å². The average molecular weight is 439 g/mol. The van der Waals surface area contributed by atoms with Crippen molar-refractivity contribution in [1.29, 1.82) is 0 Å². The number of halogens is 2. The zero-order valence-electron chi connectivity index (χ0n) is 12.7. The van der Waals surface area contributed by atoms with Gasteiger partial charge in [-0.15, -0.1) is 0 Å². The Morgan fingerprint density at radius 3 is 2.36 bits per heavy atom. The van der Waals surface area contributed by atoms with Gasteiger partial charge in [-0.3, -0.25) is 0 Å². The second-order valence-corrected chi connectivity index (χ2v) is 7.88. The van der Waals surface area contributed by atoms with Crippen LogP contribution in [0.15, 0.2) is 30.3 Å². The number of para-hydroxylation sites is 1. The summed E-state index contributed by atoms with van der Waals surface area (Å²) in [5.74, 6) is -2.72. The van der Waals surface area contributed by atoms with E-state index in [1.54, 1.807) is 24.3 Å². The van der Waals surface area contributed by atoms with Gasteiger partial charge >= 0.3 is 0 Å². The zero-order chi connectivity index (χ0) is 18.7. The first-order chi connectivity index (χ1) is 11.6. The highest BCUT2D eigenvalue weighted by Crippen LogP contribution is 2.56. The maximum atomic E-state index is 11.2. The molecule has 3 rings (SSSR count). The van der Waals surface area contributed by atoms with Crippen molar-refractivity contribution in [1.82, 2.24) is 4.98 Å². The molecule has 0 unspecified atom stereocenters. The summed E-state index contributed by atoms with van der Waals surface area (Å²) in [5, 5.41) is 59.8. The van der Waals surface area contributed by atoms with Gasteiger partial charge in [0.2, 0.25) is 10.8 Å². The van der Waals surface area contributed by atoms with Crippen molar-refractivity contribution in [2.24, 2.45) is 0 Å². The molecule has 0 amide bonds. The number of nitrogens with one attached hydrogen (secondary N) is 1. The maximum absolute atomic E-state index is 11.2. The lowest BCUT2D eigenvalue weighted by molar-refractivity contribution is -0.404. The summed E-state index contributed by atoms with van der Waals surface area (Å²) in [6, 6.07) is 8.28. The minimum absolute atomic E-state index is 0.147. The number of aliphatic hydroxyl groups is 6. The summed E-state index contributed by atoms with van der Waals surface area (Å²) in [4.78, 5) is 2.81. The molecule has 0 spiro atoms. The summed E-state index contributed by atoms with van der Waals surface area (Å²) in [5.41, 5.74) is -2.34. The summed E-state index contributed by atoms with van der Waals surface area (Å²) in [7, 11) is 0. The third kappa shape index (κ3) is 2.39. The molecule has 0 radical (unpaired) electrons. The van der Waals surface area contributed by atoms with Gasteiger partial charge < -0.3 is 40.4 Å². The molecule has 0 aliphatic carbocycles. The van der Waals surface area contributed by atoms with E-state index in [0.29, 0.717) is 10.9 Å². The monoisotopic (exact) mass is 437 g/mol. The lowest BCUT2D eigenvalue weighted by Crippen LogP contribution is -2.78. The number of aromatic nitrogens is 1. The number of rotatable bonds is 3. The van der Waals surface area contributed by atoms with E-state index in [1.807, 2.05) is 0 Å². The predicted molar refractivity (Wildman–Crippen MR) is 90.9 cm³/mol. The molecule has 1 aliphatic heterocycles. The molecular formula is C15H17BrClNO7. The molecule has 0 bridgehead atoms. The van der Waals surface area contributed by atoms with Gasteiger partial charge in [0.1, 0.15) is 6.10 Å². The Labute approximate surface area is 155 Å². The van der Waals surface area contributed by atoms with Gasteiger partial charge in [-0.2, -0.15) is 0 Å². The van der Waals surface area contributed by atoms with Crippen LogP contribution in [-0.2, 0) is 10.3 Å². The van der Waals surface area contributed by atoms with Gasteiger partial charge in [0.25, 0.3) is 0 Å². The highest BCUT2D eigenvalue weighted by molar-refractivity contribution is 9.10. The lowest BCUT2D eigenvalue weighted by Gasteiger charge is -2.57. The number of aliphatic hydroxyl groups excluding tert-OH is 3. The third-order valence-corrected chi connectivity index (χ3v) is 6.34. The highest BCUT2D eigenvalue weighted by atomic mass is 79.9. The van der Waals surface area contributed by atoms with Crippen molar-refractivity contribution < 1.29 is 35.4 Å². The second kappa shape index (κ2) is 5.88. The molecule has 10 heteroatoms. The van der Waals surface area contributed by atoms with E-state index >= 15 is 0 Å². The molecule has 7 N–H and O–H groups in total. The van der Waals surface area contributed by atoms with E-state index in [1.165, 1.54) is 6.07 Å². The van der Waals surface area contributed by atoms with Crippen molar-refractivity contribution in [3.63, 3.8) is 0 Å². The molecule has 5 atom stereocenters. The summed E-state index contributed by atoms with van der Waals surface area (Å²) < 4.78 is 2.74. The molecule has 1 aliphatic rings. The Bertz CT molecular complexity index is 768. The predicted octanol–water partition coefficient (Wildman–Crippen LogP) is -0.562. The molecular weight excluding hydrogens is 422 g/mol. The van der Waals surface area contributed by atoms with Gasteiger partial charge in [-0.1, -0.05) is 29.8 Å². The number of H-pyrrole nitrogens is 1. The fourth-order valence-corrected chi connectivity index (χ4v) is 3.94. The molecule has 1 fully saturated rings. The van der Waals surface area contributed by atoms with Crippen LogP contribution in [0.3, 0.4) is 0 Å². The van der Waals surface area contributed by atoms with E-state index in [4.69, 9.17) is 16.3 Å². The first-order valence-electron chi connectivity index (χ1n) is 7.29. The van der Waals surface area contributed by atoms with Crippen LogP contribution in [0.2, 0.25) is 0 Å². The Kier molecular flexibility index (Phi) is 4.47. The Balaban J connectivity index is 2.27. The molecule has 1 aromatic heterocycles. The first kappa shape index (κ1) is 19.0. The van der Waals surface area contributed by atoms with E-state index in [9.17, 15) is 30.6 Å². The number of fused-ring (bicyclic) bond motifs is 1. The standard InChI is InChI=1S/C15H17BrClNO7/c16-13(7-20)15(17,24)14(23,11(21)12(22,6-19)25-13)10-5-8-3-1-2-4-9(8)18-10/h1-5,11,18-24H,6-7H2/t11-,12+,13+,14+,15+/m0/s1. The Hall–Kier alpha value is -0.750. The molecule has 138 valence electrons. The van der Waals surface area contributed by atoms with Crippen LogP contribution in [0.25, 0.3) is 10.9 Å². The van der Waals surface area contributed by atoms with Gasteiger partial charge in [0.05, 0.1) is 18.9 Å². The van der Waals surface area contributed by atoms with Crippen molar-refractivity contribution in [3.8, 4) is 0 Å². The lowest BCUT2D eigenvalue weighted by atomic mass is 9.77. The summed E-state index contributed by atoms with van der Waals surface area (Å²) >= 11 is 9.00. The van der Waals surface area contributed by atoms with Crippen LogP contribution in [0, 0.1) is 0 Å². The topological polar surface area (TPSA) is 146 Å². The molecule has 1 saturated heterocycles. The van der Waals surface area contributed by atoms with Crippen LogP contribution in [0.1, 0.15) is 5.69 Å². The fraction of sp³-hybridized carbons (Fsp3) is 0.467. The minimum atomic E-state index is -2.84. The SMILES string of the molecule is OC[C@@]1(O)O[C@](Br)(CO)[C@](O)(Cl)[C@@](O)(c2cc3ccccc3[nH]2)[C@H]1O. The van der Waals surface area contributed by atoms with Gasteiger partial charge in [-0.05, 0) is 33.4 Å². The van der Waals surface area contributed by atoms with Crippen molar-refractivity contribution >= 4 is 38.4 Å². The number of alkyl halides is 2. The van der Waals surface area contributed by atoms with Gasteiger partial charge in [0.15, 0.2) is 10.1 Å². The Morgan fingerprint density at radius 2 is 1.80 bits per heavy atom. The van der Waals surface area contributed by atoms with Crippen LogP contribution < -0.4 is 0 Å². The molecule has 0 saturated carbocycles. The van der Waals surface area contributed by atoms with Crippen LogP contribution >= 0.6 is 27.5 Å². The number of benzene rings is 1. The van der Waals surface area contributed by atoms with Crippen molar-refractivity contribution in [2.75, 3.05) is 13.2 Å².